The maximum Gasteiger partial charge on any atom is 0.303 e. The van der Waals surface area contributed by atoms with Crippen molar-refractivity contribution < 1.29 is 9.90 Å². The smallest absolute Gasteiger partial charge is 0.303 e. The van der Waals surface area contributed by atoms with Crippen molar-refractivity contribution >= 4 is 5.97 Å². The average Bonchev–Trinajstić information content (AvgIpc) is 3.18. The van der Waals surface area contributed by atoms with Gasteiger partial charge in [0.25, 0.3) is 0 Å². The zero-order chi connectivity index (χ0) is 14.7. The Labute approximate surface area is 128 Å². The van der Waals surface area contributed by atoms with E-state index in [-0.39, 0.29) is 0 Å². The number of hydrogen-bond acceptors (Lipinski definition) is 3. The highest BCUT2D eigenvalue weighted by atomic mass is 16.4. The van der Waals surface area contributed by atoms with Gasteiger partial charge < -0.3 is 15.3 Å². The fourth-order valence-corrected chi connectivity index (χ4v) is 3.83. The summed E-state index contributed by atoms with van der Waals surface area (Å²) in [5, 5.41) is 12.7. The molecule has 0 bridgehead atoms. The van der Waals surface area contributed by atoms with Gasteiger partial charge in [-0.3, -0.25) is 4.79 Å². The first kappa shape index (κ1) is 15.3. The second-order valence-corrected chi connectivity index (χ2v) is 7.60. The predicted octanol–water partition coefficient (Wildman–Crippen LogP) is 2.34. The van der Waals surface area contributed by atoms with E-state index in [0.717, 1.165) is 24.8 Å². The number of carboxylic acids is 1. The Kier molecular flexibility index (Phi) is 5.17. The summed E-state index contributed by atoms with van der Waals surface area (Å²) in [7, 11) is 0. The van der Waals surface area contributed by atoms with Crippen molar-refractivity contribution in [1.82, 2.24) is 10.2 Å². The van der Waals surface area contributed by atoms with Crippen LogP contribution in [0, 0.1) is 17.8 Å². The van der Waals surface area contributed by atoms with E-state index in [0.29, 0.717) is 18.4 Å². The molecule has 3 fully saturated rings. The standard InChI is InChI=1S/C17H30N2O2/c20-17(21)7-6-15-8-16(18-9-13-2-1-3-13)12-19(11-15)10-14-4-5-14/h13-16,18H,1-12H2,(H,20,21). The maximum atomic E-state index is 10.8. The van der Waals surface area contributed by atoms with E-state index in [2.05, 4.69) is 10.2 Å². The third-order valence-electron chi connectivity index (χ3n) is 5.51. The Balaban J connectivity index is 1.46. The molecule has 1 aliphatic heterocycles. The molecule has 2 aliphatic carbocycles. The first-order chi connectivity index (χ1) is 10.2. The summed E-state index contributed by atoms with van der Waals surface area (Å²) in [6, 6.07) is 0.580. The van der Waals surface area contributed by atoms with Crippen molar-refractivity contribution in [3.8, 4) is 0 Å². The van der Waals surface area contributed by atoms with Gasteiger partial charge in [0.1, 0.15) is 0 Å². The van der Waals surface area contributed by atoms with Crippen LogP contribution in [0.1, 0.15) is 51.4 Å². The van der Waals surface area contributed by atoms with E-state index in [4.69, 9.17) is 5.11 Å². The Bertz CT molecular complexity index is 353. The molecule has 0 spiro atoms. The van der Waals surface area contributed by atoms with Crippen LogP contribution in [0.3, 0.4) is 0 Å². The Hall–Kier alpha value is -0.610. The number of nitrogens with one attached hydrogen (secondary N) is 1. The Morgan fingerprint density at radius 3 is 2.52 bits per heavy atom. The van der Waals surface area contributed by atoms with Crippen LogP contribution in [0.4, 0.5) is 0 Å². The van der Waals surface area contributed by atoms with Gasteiger partial charge in [0.2, 0.25) is 0 Å². The van der Waals surface area contributed by atoms with Crippen molar-refractivity contribution in [3.63, 3.8) is 0 Å². The van der Waals surface area contributed by atoms with Crippen molar-refractivity contribution in [3.05, 3.63) is 0 Å². The predicted molar refractivity (Wildman–Crippen MR) is 83.3 cm³/mol. The van der Waals surface area contributed by atoms with Crippen molar-refractivity contribution in [2.24, 2.45) is 17.8 Å². The molecule has 0 aromatic carbocycles. The number of hydrogen-bond donors (Lipinski definition) is 2. The summed E-state index contributed by atoms with van der Waals surface area (Å²) < 4.78 is 0. The largest absolute Gasteiger partial charge is 0.481 e. The molecule has 4 heteroatoms. The van der Waals surface area contributed by atoms with Gasteiger partial charge in [-0.15, -0.1) is 0 Å². The summed E-state index contributed by atoms with van der Waals surface area (Å²) in [5.41, 5.74) is 0. The minimum absolute atomic E-state index is 0.331. The number of carboxylic acid groups (broad SMARTS) is 1. The van der Waals surface area contributed by atoms with Gasteiger partial charge in [0.05, 0.1) is 0 Å². The van der Waals surface area contributed by atoms with Crippen LogP contribution in [0.15, 0.2) is 0 Å². The van der Waals surface area contributed by atoms with Gasteiger partial charge in [-0.1, -0.05) is 6.42 Å². The second-order valence-electron chi connectivity index (χ2n) is 7.60. The third-order valence-corrected chi connectivity index (χ3v) is 5.51. The lowest BCUT2D eigenvalue weighted by Crippen LogP contribution is -2.51. The molecule has 2 unspecified atom stereocenters. The number of nitrogens with zero attached hydrogens (tertiary/aromatic N) is 1. The van der Waals surface area contributed by atoms with Crippen LogP contribution >= 0.6 is 0 Å². The summed E-state index contributed by atoms with van der Waals surface area (Å²) in [4.78, 5) is 13.4. The highest BCUT2D eigenvalue weighted by molar-refractivity contribution is 5.66. The van der Waals surface area contributed by atoms with Crippen LogP contribution in [-0.4, -0.2) is 48.2 Å². The molecule has 2 saturated carbocycles. The lowest BCUT2D eigenvalue weighted by atomic mass is 9.84. The van der Waals surface area contributed by atoms with E-state index in [9.17, 15) is 4.79 Å². The minimum atomic E-state index is -0.645. The van der Waals surface area contributed by atoms with Crippen LogP contribution in [0.25, 0.3) is 0 Å². The third kappa shape index (κ3) is 4.96. The van der Waals surface area contributed by atoms with Crippen LogP contribution in [0.2, 0.25) is 0 Å². The molecule has 0 aromatic heterocycles. The summed E-state index contributed by atoms with van der Waals surface area (Å²) in [6.07, 6.45) is 9.34. The molecule has 21 heavy (non-hydrogen) atoms. The highest BCUT2D eigenvalue weighted by Crippen LogP contribution is 2.32. The normalized spacial score (nSPS) is 31.0. The molecule has 0 amide bonds. The molecule has 2 N–H and O–H groups in total. The molecular formula is C17H30N2O2. The SMILES string of the molecule is O=C(O)CCC1CC(NCC2CCC2)CN(CC2CC2)C1. The van der Waals surface area contributed by atoms with E-state index in [1.54, 1.807) is 0 Å². The Morgan fingerprint density at radius 1 is 1.10 bits per heavy atom. The number of piperidine rings is 1. The number of carbonyl (C=O) groups is 1. The van der Waals surface area contributed by atoms with E-state index in [1.165, 1.54) is 58.2 Å². The Morgan fingerprint density at radius 2 is 1.90 bits per heavy atom. The van der Waals surface area contributed by atoms with E-state index < -0.39 is 5.97 Å². The van der Waals surface area contributed by atoms with Crippen molar-refractivity contribution in [2.75, 3.05) is 26.2 Å². The quantitative estimate of drug-likeness (QED) is 0.721. The molecule has 3 rings (SSSR count). The lowest BCUT2D eigenvalue weighted by Gasteiger charge is -2.39. The van der Waals surface area contributed by atoms with E-state index >= 15 is 0 Å². The minimum Gasteiger partial charge on any atom is -0.481 e. The van der Waals surface area contributed by atoms with Crippen LogP contribution in [-0.2, 0) is 4.79 Å². The van der Waals surface area contributed by atoms with Crippen LogP contribution < -0.4 is 5.32 Å². The first-order valence-electron chi connectivity index (χ1n) is 8.86. The molecule has 1 saturated heterocycles. The van der Waals surface area contributed by atoms with E-state index in [1.807, 2.05) is 0 Å². The summed E-state index contributed by atoms with van der Waals surface area (Å²) >= 11 is 0. The van der Waals surface area contributed by atoms with Gasteiger partial charge in [-0.2, -0.15) is 0 Å². The van der Waals surface area contributed by atoms with Gasteiger partial charge in [0.15, 0.2) is 0 Å². The van der Waals surface area contributed by atoms with Crippen molar-refractivity contribution in [2.45, 2.75) is 57.4 Å². The fraction of sp³-hybridized carbons (Fsp3) is 0.941. The summed E-state index contributed by atoms with van der Waals surface area (Å²) in [6.45, 7) is 4.71. The molecular weight excluding hydrogens is 264 g/mol. The van der Waals surface area contributed by atoms with Crippen molar-refractivity contribution in [1.29, 1.82) is 0 Å². The molecule has 1 heterocycles. The van der Waals surface area contributed by atoms with Gasteiger partial charge in [-0.25, -0.2) is 0 Å². The number of likely N-dealkylation sites (tertiary alicyclic amines) is 1. The second kappa shape index (κ2) is 7.10. The lowest BCUT2D eigenvalue weighted by molar-refractivity contribution is -0.137. The van der Waals surface area contributed by atoms with Crippen LogP contribution in [0.5, 0.6) is 0 Å². The number of aliphatic carboxylic acids is 1. The molecule has 0 aromatic rings. The number of rotatable bonds is 8. The van der Waals surface area contributed by atoms with Gasteiger partial charge in [0, 0.05) is 32.1 Å². The highest BCUT2D eigenvalue weighted by Gasteiger charge is 2.32. The van der Waals surface area contributed by atoms with Gasteiger partial charge in [-0.05, 0) is 62.8 Å². The molecule has 4 nitrogen and oxygen atoms in total. The fourth-order valence-electron chi connectivity index (χ4n) is 3.83. The monoisotopic (exact) mass is 294 g/mol. The molecule has 0 radical (unpaired) electrons. The average molecular weight is 294 g/mol. The molecule has 120 valence electrons. The zero-order valence-electron chi connectivity index (χ0n) is 13.1. The zero-order valence-corrected chi connectivity index (χ0v) is 13.1. The first-order valence-corrected chi connectivity index (χ1v) is 8.86. The van der Waals surface area contributed by atoms with Gasteiger partial charge >= 0.3 is 5.97 Å². The molecule has 3 aliphatic rings. The topological polar surface area (TPSA) is 52.6 Å². The summed E-state index contributed by atoms with van der Waals surface area (Å²) in [5.74, 6) is 1.75. The maximum absolute atomic E-state index is 10.8. The molecule has 2 atom stereocenters.